The topological polar surface area (TPSA) is 284 Å². The van der Waals surface area contributed by atoms with Gasteiger partial charge in [-0.1, -0.05) is 11.8 Å². The van der Waals surface area contributed by atoms with E-state index in [1.54, 1.807) is 18.2 Å². The number of H-pyrrole nitrogens is 2. The zero-order valence-corrected chi connectivity index (χ0v) is 43.7. The standard InChI is InChI=1S/C42H27N9O9S3.3Na/c1-51(2)23-8-5-21(6-9-23)3-4-22-7-13-27-31(17-22)39-43-35(27)45-40-33-19-25(62(55,56)57)11-15-29(33)37(47-40)49-42-34-20-26(63(58,59)60)12-16-30(34)38(50-42)48-41-32-18-24(61(52,53)54)10-14-28(32)36(44-39)46-41;;;/h5-20H,1-2H3,(H,52,53,54)(H,55,56,57)(H,58,59,60)(H2,43,44,45,46,47,48,49,50);;;/q;3*+1/p-3. The van der Waals surface area contributed by atoms with Gasteiger partial charge in [0.2, 0.25) is 0 Å². The van der Waals surface area contributed by atoms with Crippen LogP contribution in [0.25, 0.3) is 89.7 Å². The summed E-state index contributed by atoms with van der Waals surface area (Å²) in [7, 11) is -11.0. The van der Waals surface area contributed by atoms with E-state index in [1.165, 1.54) is 18.2 Å². The number of anilines is 1. The molecule has 0 spiro atoms. The molecule has 10 rings (SSSR count). The van der Waals surface area contributed by atoms with E-state index in [0.29, 0.717) is 21.9 Å². The molecule has 66 heavy (non-hydrogen) atoms. The van der Waals surface area contributed by atoms with E-state index in [1.807, 2.05) is 43.3 Å². The molecule has 2 aliphatic heterocycles. The first kappa shape index (κ1) is 49.5. The maximum absolute atomic E-state index is 12.2. The summed E-state index contributed by atoms with van der Waals surface area (Å²) in [6.45, 7) is 0. The number of rotatable bonds is 4. The quantitative estimate of drug-likeness (QED) is 0.0968. The van der Waals surface area contributed by atoms with Crippen molar-refractivity contribution in [1.82, 2.24) is 39.9 Å². The van der Waals surface area contributed by atoms with Gasteiger partial charge < -0.3 is 28.5 Å². The Morgan fingerprint density at radius 2 is 0.788 bits per heavy atom. The Balaban J connectivity index is 0.00000216. The predicted molar refractivity (Wildman–Crippen MR) is 227 cm³/mol. The fourth-order valence-corrected chi connectivity index (χ4v) is 8.75. The third-order valence-electron chi connectivity index (χ3n) is 10.3. The average Bonchev–Trinajstić information content (AvgIpc) is 3.96. The Morgan fingerprint density at radius 1 is 0.424 bits per heavy atom. The number of hydrogen-bond acceptors (Lipinski definition) is 16. The van der Waals surface area contributed by atoms with E-state index in [9.17, 15) is 38.9 Å². The minimum Gasteiger partial charge on any atom is -0.744 e. The SMILES string of the molecule is CN(C)c1ccc(C#Cc2ccc3c4nc5nc(nc6[nH]c(nc7nc(nc([nH]4)c3c2)-c2ccc(S(=O)(=O)[O-])cc2-7)c2ccc(S(=O)(=O)[O-])cc62)-c2ccc(S(=O)(=O)[O-])cc2-5)cc1.[Na+].[Na+].[Na+]. The number of aromatic amines is 2. The third kappa shape index (κ3) is 9.25. The molecule has 0 fully saturated rings. The fraction of sp³-hybridized carbons (Fsp3) is 0.0476. The minimum atomic E-state index is -4.97. The van der Waals surface area contributed by atoms with Gasteiger partial charge in [0.25, 0.3) is 0 Å². The van der Waals surface area contributed by atoms with Crippen LogP contribution in [-0.2, 0) is 30.4 Å². The molecule has 0 radical (unpaired) electrons. The molecule has 0 aliphatic carbocycles. The van der Waals surface area contributed by atoms with Crippen LogP contribution >= 0.6 is 0 Å². The molecule has 18 nitrogen and oxygen atoms in total. The molecule has 24 heteroatoms. The van der Waals surface area contributed by atoms with Crippen molar-refractivity contribution in [3.05, 3.63) is 108 Å². The number of nitrogens with zero attached hydrogens (tertiary/aromatic N) is 7. The summed E-state index contributed by atoms with van der Waals surface area (Å²) in [5.41, 5.74) is 3.54. The maximum atomic E-state index is 12.2. The summed E-state index contributed by atoms with van der Waals surface area (Å²) < 4.78 is 110. The summed E-state index contributed by atoms with van der Waals surface area (Å²) in [6.07, 6.45) is 0. The second kappa shape index (κ2) is 18.2. The zero-order valence-electron chi connectivity index (χ0n) is 35.3. The van der Waals surface area contributed by atoms with Crippen LogP contribution < -0.4 is 93.6 Å². The average molecular weight is 964 g/mol. The predicted octanol–water partition coefficient (Wildman–Crippen LogP) is -3.94. The molecule has 8 bridgehead atoms. The third-order valence-corrected chi connectivity index (χ3v) is 12.8. The second-order valence-electron chi connectivity index (χ2n) is 14.5. The van der Waals surface area contributed by atoms with Crippen LogP contribution in [0.15, 0.2) is 112 Å². The second-order valence-corrected chi connectivity index (χ2v) is 18.7. The molecule has 0 saturated heterocycles. The maximum Gasteiger partial charge on any atom is 1.00 e. The smallest absolute Gasteiger partial charge is 0.744 e. The number of hydrogen-bond donors (Lipinski definition) is 2. The van der Waals surface area contributed by atoms with Crippen molar-refractivity contribution in [2.45, 2.75) is 14.7 Å². The van der Waals surface area contributed by atoms with Crippen LogP contribution in [0.5, 0.6) is 0 Å². The molecule has 2 N–H and O–H groups in total. The van der Waals surface area contributed by atoms with Crippen molar-refractivity contribution >= 4 is 80.2 Å². The molecule has 0 saturated carbocycles. The molecule has 2 aliphatic rings. The minimum absolute atomic E-state index is 0. The van der Waals surface area contributed by atoms with Crippen LogP contribution in [0.4, 0.5) is 5.69 Å². The molecule has 312 valence electrons. The van der Waals surface area contributed by atoms with Gasteiger partial charge in [0.15, 0.2) is 23.3 Å². The van der Waals surface area contributed by atoms with Gasteiger partial charge >= 0.3 is 88.7 Å². The monoisotopic (exact) mass is 963 g/mol. The summed E-state index contributed by atoms with van der Waals surface area (Å²) in [6, 6.07) is 23.6. The Hall–Kier alpha value is -4.45. The van der Waals surface area contributed by atoms with Gasteiger partial charge in [0, 0.05) is 74.7 Å². The van der Waals surface area contributed by atoms with Crippen molar-refractivity contribution in [2.24, 2.45) is 0 Å². The van der Waals surface area contributed by atoms with Gasteiger partial charge in [0.1, 0.15) is 52.9 Å². The summed E-state index contributed by atoms with van der Waals surface area (Å²) in [4.78, 5) is 34.9. The Morgan fingerprint density at radius 3 is 1.24 bits per heavy atom. The van der Waals surface area contributed by atoms with Crippen molar-refractivity contribution in [3.63, 3.8) is 0 Å². The molecule has 5 aromatic carbocycles. The molecule has 3 aromatic heterocycles. The summed E-state index contributed by atoms with van der Waals surface area (Å²) >= 11 is 0. The van der Waals surface area contributed by atoms with E-state index in [-0.39, 0.29) is 162 Å². The van der Waals surface area contributed by atoms with Crippen LogP contribution in [0.1, 0.15) is 11.1 Å². The Labute approximate surface area is 441 Å². The first-order valence-electron chi connectivity index (χ1n) is 18.4. The van der Waals surface area contributed by atoms with Crippen LogP contribution in [-0.4, -0.2) is 92.9 Å². The van der Waals surface area contributed by atoms with E-state index in [2.05, 4.69) is 36.8 Å². The van der Waals surface area contributed by atoms with Gasteiger partial charge in [0.05, 0.1) is 14.7 Å². The Bertz CT molecular complexity index is 3910. The molecule has 8 aromatic rings. The summed E-state index contributed by atoms with van der Waals surface area (Å²) in [5, 5.41) is 1.35. The molecule has 0 atom stereocenters. The normalized spacial score (nSPS) is 11.9. The number of benzene rings is 5. The van der Waals surface area contributed by atoms with E-state index in [4.69, 9.17) is 15.0 Å². The first-order valence-corrected chi connectivity index (χ1v) is 22.7. The molecule has 0 unspecified atom stereocenters. The fourth-order valence-electron chi connectivity index (χ4n) is 7.26. The molecular formula is C42H24N9Na3O9S3. The zero-order chi connectivity index (χ0) is 44.2. The van der Waals surface area contributed by atoms with E-state index < -0.39 is 45.0 Å². The first-order chi connectivity index (χ1) is 29.9. The summed E-state index contributed by atoms with van der Waals surface area (Å²) in [5.74, 6) is 6.20. The van der Waals surface area contributed by atoms with Crippen molar-refractivity contribution in [2.75, 3.05) is 19.0 Å². The molecular weight excluding hydrogens is 940 g/mol. The van der Waals surface area contributed by atoms with Gasteiger partial charge in [-0.25, -0.2) is 55.2 Å². The van der Waals surface area contributed by atoms with E-state index >= 15 is 0 Å². The largest absolute Gasteiger partial charge is 1.00 e. The Kier molecular flexibility index (Phi) is 13.7. The van der Waals surface area contributed by atoms with Crippen molar-refractivity contribution in [3.8, 4) is 57.4 Å². The van der Waals surface area contributed by atoms with Crippen LogP contribution in [0.3, 0.4) is 0 Å². The van der Waals surface area contributed by atoms with Gasteiger partial charge in [-0.15, -0.1) is 0 Å². The van der Waals surface area contributed by atoms with Gasteiger partial charge in [-0.05, 0) is 97.1 Å². The van der Waals surface area contributed by atoms with Gasteiger partial charge in [-0.2, -0.15) is 0 Å². The number of nitrogens with one attached hydrogen (secondary N) is 2. The van der Waals surface area contributed by atoms with Gasteiger partial charge in [-0.3, -0.25) is 0 Å². The van der Waals surface area contributed by atoms with E-state index in [0.717, 1.165) is 47.6 Å². The molecule has 5 heterocycles. The van der Waals surface area contributed by atoms with Crippen LogP contribution in [0, 0.1) is 11.8 Å². The van der Waals surface area contributed by atoms with Crippen molar-refractivity contribution in [1.29, 1.82) is 0 Å². The van der Waals surface area contributed by atoms with Crippen LogP contribution in [0.2, 0.25) is 0 Å². The number of fused-ring (bicyclic) bond motifs is 20. The van der Waals surface area contributed by atoms with Crippen molar-refractivity contribution < 1.29 is 128 Å². The number of aromatic nitrogens is 8. The molecule has 0 amide bonds.